The summed E-state index contributed by atoms with van der Waals surface area (Å²) in [5, 5.41) is 9.03. The molecule has 0 saturated heterocycles. The standard InChI is InChI=1S/C13H17F3N2O3S/c14-13(15,16)11-3-2-10(8-17-11)22(20,21)18-9-12(6-7-19)4-1-5-12/h2-3,8,18-19H,1,4-7,9H2. The Morgan fingerprint density at radius 3 is 2.41 bits per heavy atom. The van der Waals surface area contributed by atoms with Crippen LogP contribution < -0.4 is 4.72 Å². The first-order chi connectivity index (χ1) is 10.2. The van der Waals surface area contributed by atoms with E-state index in [0.29, 0.717) is 18.7 Å². The maximum absolute atomic E-state index is 12.4. The van der Waals surface area contributed by atoms with Gasteiger partial charge < -0.3 is 5.11 Å². The fourth-order valence-corrected chi connectivity index (χ4v) is 3.57. The molecule has 1 fully saturated rings. The molecule has 1 saturated carbocycles. The molecule has 0 aromatic carbocycles. The summed E-state index contributed by atoms with van der Waals surface area (Å²) in [5.74, 6) is 0. The Kier molecular flexibility index (Phi) is 4.78. The van der Waals surface area contributed by atoms with Crippen LogP contribution in [0.2, 0.25) is 0 Å². The largest absolute Gasteiger partial charge is 0.433 e. The smallest absolute Gasteiger partial charge is 0.396 e. The number of halogens is 3. The van der Waals surface area contributed by atoms with Gasteiger partial charge in [0.1, 0.15) is 10.6 Å². The number of rotatable bonds is 6. The lowest BCUT2D eigenvalue weighted by atomic mass is 9.67. The lowest BCUT2D eigenvalue weighted by Crippen LogP contribution is -2.42. The van der Waals surface area contributed by atoms with Crippen molar-refractivity contribution in [1.29, 1.82) is 0 Å². The second-order valence-electron chi connectivity index (χ2n) is 5.53. The molecule has 9 heteroatoms. The zero-order chi connectivity index (χ0) is 16.4. The summed E-state index contributed by atoms with van der Waals surface area (Å²) in [6.07, 6.45) is -0.787. The van der Waals surface area contributed by atoms with E-state index in [4.69, 9.17) is 5.11 Å². The minimum absolute atomic E-state index is 0.0242. The minimum atomic E-state index is -4.60. The molecule has 0 spiro atoms. The highest BCUT2D eigenvalue weighted by Crippen LogP contribution is 2.43. The Hall–Kier alpha value is -1.19. The van der Waals surface area contributed by atoms with E-state index in [-0.39, 0.29) is 23.5 Å². The zero-order valence-corrected chi connectivity index (χ0v) is 12.5. The van der Waals surface area contributed by atoms with Crippen LogP contribution in [0, 0.1) is 5.41 Å². The highest BCUT2D eigenvalue weighted by atomic mass is 32.2. The van der Waals surface area contributed by atoms with Gasteiger partial charge >= 0.3 is 6.18 Å². The first-order valence-electron chi connectivity index (χ1n) is 6.82. The van der Waals surface area contributed by atoms with Crippen LogP contribution in [0.4, 0.5) is 13.2 Å². The lowest BCUT2D eigenvalue weighted by Gasteiger charge is -2.41. The molecule has 0 unspecified atom stereocenters. The van der Waals surface area contributed by atoms with Crippen LogP contribution in [-0.2, 0) is 16.2 Å². The highest BCUT2D eigenvalue weighted by Gasteiger charge is 2.37. The van der Waals surface area contributed by atoms with Crippen molar-refractivity contribution in [1.82, 2.24) is 9.71 Å². The number of aliphatic hydroxyl groups excluding tert-OH is 1. The molecule has 1 heterocycles. The number of alkyl halides is 3. The average Bonchev–Trinajstić information content (AvgIpc) is 2.41. The number of aromatic nitrogens is 1. The van der Waals surface area contributed by atoms with E-state index in [1.54, 1.807) is 0 Å². The molecule has 5 nitrogen and oxygen atoms in total. The van der Waals surface area contributed by atoms with Crippen molar-refractivity contribution in [2.75, 3.05) is 13.2 Å². The third-order valence-corrected chi connectivity index (χ3v) is 5.42. The van der Waals surface area contributed by atoms with Crippen molar-refractivity contribution in [2.24, 2.45) is 5.41 Å². The number of nitrogens with zero attached hydrogens (tertiary/aromatic N) is 1. The summed E-state index contributed by atoms with van der Waals surface area (Å²) >= 11 is 0. The van der Waals surface area contributed by atoms with Crippen molar-refractivity contribution in [3.8, 4) is 0 Å². The van der Waals surface area contributed by atoms with Gasteiger partial charge in [0.2, 0.25) is 10.0 Å². The molecule has 0 aliphatic heterocycles. The molecule has 1 aliphatic carbocycles. The van der Waals surface area contributed by atoms with E-state index >= 15 is 0 Å². The van der Waals surface area contributed by atoms with E-state index in [2.05, 4.69) is 9.71 Å². The highest BCUT2D eigenvalue weighted by molar-refractivity contribution is 7.89. The molecule has 2 N–H and O–H groups in total. The Labute approximate surface area is 126 Å². The maximum Gasteiger partial charge on any atom is 0.433 e. The normalized spacial score (nSPS) is 18.0. The number of sulfonamides is 1. The Balaban J connectivity index is 2.07. The molecule has 0 bridgehead atoms. The van der Waals surface area contributed by atoms with Gasteiger partial charge in [0.05, 0.1) is 0 Å². The van der Waals surface area contributed by atoms with Gasteiger partial charge in [-0.2, -0.15) is 13.2 Å². The third-order valence-electron chi connectivity index (χ3n) is 4.03. The van der Waals surface area contributed by atoms with Crippen molar-refractivity contribution < 1.29 is 26.7 Å². The first-order valence-corrected chi connectivity index (χ1v) is 8.31. The monoisotopic (exact) mass is 338 g/mol. The predicted octanol–water partition coefficient (Wildman–Crippen LogP) is 1.93. The maximum atomic E-state index is 12.4. The van der Waals surface area contributed by atoms with Crippen LogP contribution in [0.15, 0.2) is 23.2 Å². The molecule has 0 amide bonds. The molecule has 0 atom stereocenters. The summed E-state index contributed by atoms with van der Waals surface area (Å²) in [5.41, 5.74) is -1.39. The fraction of sp³-hybridized carbons (Fsp3) is 0.615. The predicted molar refractivity (Wildman–Crippen MR) is 72.4 cm³/mol. The van der Waals surface area contributed by atoms with Crippen LogP contribution in [0.3, 0.4) is 0 Å². The number of pyridine rings is 1. The van der Waals surface area contributed by atoms with Crippen LogP contribution in [0.25, 0.3) is 0 Å². The molecule has 1 aliphatic rings. The molecular formula is C13H17F3N2O3S. The zero-order valence-electron chi connectivity index (χ0n) is 11.7. The molecular weight excluding hydrogens is 321 g/mol. The van der Waals surface area contributed by atoms with Gasteiger partial charge in [-0.15, -0.1) is 0 Å². The molecule has 124 valence electrons. The average molecular weight is 338 g/mol. The van der Waals surface area contributed by atoms with Gasteiger partial charge in [0.25, 0.3) is 0 Å². The Morgan fingerprint density at radius 2 is 2.00 bits per heavy atom. The van der Waals surface area contributed by atoms with Gasteiger partial charge in [-0.25, -0.2) is 13.1 Å². The van der Waals surface area contributed by atoms with E-state index in [1.807, 2.05) is 0 Å². The van der Waals surface area contributed by atoms with E-state index < -0.39 is 21.9 Å². The quantitative estimate of drug-likeness (QED) is 0.831. The van der Waals surface area contributed by atoms with Crippen LogP contribution >= 0.6 is 0 Å². The summed E-state index contributed by atoms with van der Waals surface area (Å²) in [4.78, 5) is 2.84. The van der Waals surface area contributed by atoms with E-state index in [1.165, 1.54) is 0 Å². The van der Waals surface area contributed by atoms with Crippen molar-refractivity contribution >= 4 is 10.0 Å². The van der Waals surface area contributed by atoms with Crippen LogP contribution in [-0.4, -0.2) is 31.7 Å². The third kappa shape index (κ3) is 3.76. The molecule has 1 aromatic heterocycles. The number of aliphatic hydroxyl groups is 1. The van der Waals surface area contributed by atoms with Gasteiger partial charge in [-0.05, 0) is 36.8 Å². The molecule has 0 radical (unpaired) electrons. The van der Waals surface area contributed by atoms with E-state index in [0.717, 1.165) is 25.3 Å². The number of hydrogen-bond donors (Lipinski definition) is 2. The first kappa shape index (κ1) is 17.2. The number of hydrogen-bond acceptors (Lipinski definition) is 4. The van der Waals surface area contributed by atoms with Gasteiger partial charge in [0.15, 0.2) is 0 Å². The topological polar surface area (TPSA) is 79.3 Å². The SMILES string of the molecule is O=S(=O)(NCC1(CCO)CCC1)c1ccc(C(F)(F)F)nc1. The minimum Gasteiger partial charge on any atom is -0.396 e. The number of nitrogens with one attached hydrogen (secondary N) is 1. The Morgan fingerprint density at radius 1 is 1.32 bits per heavy atom. The summed E-state index contributed by atoms with van der Waals surface area (Å²) in [6, 6.07) is 1.53. The van der Waals surface area contributed by atoms with Gasteiger partial charge in [-0.1, -0.05) is 6.42 Å². The van der Waals surface area contributed by atoms with Crippen molar-refractivity contribution in [2.45, 2.75) is 36.8 Å². The second kappa shape index (κ2) is 6.13. The summed E-state index contributed by atoms with van der Waals surface area (Å²) in [6.45, 7) is 0.139. The lowest BCUT2D eigenvalue weighted by molar-refractivity contribution is -0.141. The summed E-state index contributed by atoms with van der Waals surface area (Å²) < 4.78 is 63.8. The van der Waals surface area contributed by atoms with Crippen molar-refractivity contribution in [3.05, 3.63) is 24.0 Å². The fourth-order valence-electron chi connectivity index (χ4n) is 2.47. The van der Waals surface area contributed by atoms with Gasteiger partial charge in [-0.3, -0.25) is 4.98 Å². The molecule has 2 rings (SSSR count). The molecule has 22 heavy (non-hydrogen) atoms. The van der Waals surface area contributed by atoms with Crippen LogP contribution in [0.5, 0.6) is 0 Å². The van der Waals surface area contributed by atoms with E-state index in [9.17, 15) is 21.6 Å². The molecule has 1 aromatic rings. The second-order valence-corrected chi connectivity index (χ2v) is 7.30. The summed E-state index contributed by atoms with van der Waals surface area (Å²) in [7, 11) is -3.91. The van der Waals surface area contributed by atoms with Crippen molar-refractivity contribution in [3.63, 3.8) is 0 Å². The van der Waals surface area contributed by atoms with Gasteiger partial charge in [0, 0.05) is 19.3 Å². The Bertz CT molecular complexity index is 610. The van der Waals surface area contributed by atoms with Crippen LogP contribution in [0.1, 0.15) is 31.4 Å².